The Morgan fingerprint density at radius 2 is 2.10 bits per heavy atom. The molecular weight excluding hydrogens is 275 g/mol. The van der Waals surface area contributed by atoms with Gasteiger partial charge in [0.2, 0.25) is 0 Å². The van der Waals surface area contributed by atoms with Gasteiger partial charge in [-0.3, -0.25) is 14.2 Å². The number of pyridine rings is 1. The lowest BCUT2D eigenvalue weighted by Crippen LogP contribution is -1.96. The summed E-state index contributed by atoms with van der Waals surface area (Å²) >= 11 is 0. The Balaban J connectivity index is 2.51. The van der Waals surface area contributed by atoms with E-state index in [1.807, 2.05) is 6.92 Å². The summed E-state index contributed by atoms with van der Waals surface area (Å²) in [7, 11) is 0.489. The van der Waals surface area contributed by atoms with Gasteiger partial charge in [-0.1, -0.05) is 0 Å². The zero-order valence-corrected chi connectivity index (χ0v) is 12.4. The van der Waals surface area contributed by atoms with Crippen molar-refractivity contribution in [2.24, 2.45) is 4.99 Å². The lowest BCUT2D eigenvalue weighted by Gasteiger charge is -2.07. The maximum Gasteiger partial charge on any atom is 0.133 e. The SMILES string of the molecule is CN=Cc1cc(-c2ccc(S(C)=O)cc2F)ncc1C. The Labute approximate surface area is 120 Å². The van der Waals surface area contributed by atoms with E-state index in [-0.39, 0.29) is 0 Å². The summed E-state index contributed by atoms with van der Waals surface area (Å²) in [6, 6.07) is 6.35. The van der Waals surface area contributed by atoms with Crippen LogP contribution in [-0.4, -0.2) is 28.7 Å². The van der Waals surface area contributed by atoms with Crippen molar-refractivity contribution in [1.82, 2.24) is 4.98 Å². The third kappa shape index (κ3) is 2.99. The zero-order valence-electron chi connectivity index (χ0n) is 11.6. The van der Waals surface area contributed by atoms with Crippen LogP contribution in [0.3, 0.4) is 0 Å². The predicted octanol–water partition coefficient (Wildman–Crippen LogP) is 2.98. The van der Waals surface area contributed by atoms with Gasteiger partial charge in [0.15, 0.2) is 0 Å². The number of benzene rings is 1. The first kappa shape index (κ1) is 14.5. The van der Waals surface area contributed by atoms with Crippen LogP contribution in [-0.2, 0) is 10.8 Å². The zero-order chi connectivity index (χ0) is 14.7. The van der Waals surface area contributed by atoms with Crippen molar-refractivity contribution in [2.45, 2.75) is 11.8 Å². The maximum absolute atomic E-state index is 14.1. The monoisotopic (exact) mass is 290 g/mol. The number of aliphatic imine (C=N–C) groups is 1. The molecule has 3 nitrogen and oxygen atoms in total. The molecule has 0 amide bonds. The highest BCUT2D eigenvalue weighted by Gasteiger charge is 2.10. The fourth-order valence-corrected chi connectivity index (χ4v) is 2.38. The van der Waals surface area contributed by atoms with Crippen LogP contribution in [0.5, 0.6) is 0 Å². The summed E-state index contributed by atoms with van der Waals surface area (Å²) in [6.45, 7) is 1.92. The molecule has 0 bridgehead atoms. The largest absolute Gasteiger partial charge is 0.296 e. The third-order valence-corrected chi connectivity index (χ3v) is 3.88. The van der Waals surface area contributed by atoms with Gasteiger partial charge in [0.1, 0.15) is 5.82 Å². The van der Waals surface area contributed by atoms with Crippen LogP contribution in [0, 0.1) is 12.7 Å². The van der Waals surface area contributed by atoms with Crippen LogP contribution in [0.4, 0.5) is 4.39 Å². The van der Waals surface area contributed by atoms with Gasteiger partial charge < -0.3 is 0 Å². The third-order valence-electron chi connectivity index (χ3n) is 2.96. The van der Waals surface area contributed by atoms with Crippen molar-refractivity contribution in [3.05, 3.63) is 47.4 Å². The normalized spacial score (nSPS) is 12.8. The second kappa shape index (κ2) is 6.05. The van der Waals surface area contributed by atoms with Crippen molar-refractivity contribution in [3.8, 4) is 11.3 Å². The molecule has 0 saturated carbocycles. The molecule has 1 atom stereocenters. The number of aryl methyl sites for hydroxylation is 1. The number of halogens is 1. The first-order valence-electron chi connectivity index (χ1n) is 6.05. The van der Waals surface area contributed by atoms with Gasteiger partial charge in [-0.15, -0.1) is 0 Å². The average Bonchev–Trinajstić information content (AvgIpc) is 2.41. The van der Waals surface area contributed by atoms with Crippen LogP contribution < -0.4 is 0 Å². The molecule has 2 rings (SSSR count). The minimum Gasteiger partial charge on any atom is -0.296 e. The van der Waals surface area contributed by atoms with E-state index in [0.717, 1.165) is 11.1 Å². The van der Waals surface area contributed by atoms with Crippen LogP contribution in [0.15, 0.2) is 40.4 Å². The number of aromatic nitrogens is 1. The van der Waals surface area contributed by atoms with E-state index in [9.17, 15) is 8.60 Å². The van der Waals surface area contributed by atoms with Crippen molar-refractivity contribution in [2.75, 3.05) is 13.3 Å². The topological polar surface area (TPSA) is 42.3 Å². The number of nitrogens with zero attached hydrogens (tertiary/aromatic N) is 2. The lowest BCUT2D eigenvalue weighted by atomic mass is 10.1. The van der Waals surface area contributed by atoms with Gasteiger partial charge in [-0.25, -0.2) is 4.39 Å². The van der Waals surface area contributed by atoms with Gasteiger partial charge in [-0.2, -0.15) is 0 Å². The van der Waals surface area contributed by atoms with Crippen LogP contribution in [0.25, 0.3) is 11.3 Å². The highest BCUT2D eigenvalue weighted by atomic mass is 32.2. The van der Waals surface area contributed by atoms with E-state index in [2.05, 4.69) is 9.98 Å². The summed E-state index contributed by atoms with van der Waals surface area (Å²) < 4.78 is 25.4. The molecule has 104 valence electrons. The Hall–Kier alpha value is -1.88. The van der Waals surface area contributed by atoms with Gasteiger partial charge in [-0.05, 0) is 42.3 Å². The van der Waals surface area contributed by atoms with E-state index >= 15 is 0 Å². The van der Waals surface area contributed by atoms with E-state index in [1.165, 1.54) is 12.3 Å². The molecule has 1 unspecified atom stereocenters. The van der Waals surface area contributed by atoms with Gasteiger partial charge in [0, 0.05) is 47.0 Å². The minimum atomic E-state index is -1.20. The van der Waals surface area contributed by atoms with Gasteiger partial charge >= 0.3 is 0 Å². The van der Waals surface area contributed by atoms with Crippen LogP contribution >= 0.6 is 0 Å². The fraction of sp³-hybridized carbons (Fsp3) is 0.200. The number of hydrogen-bond donors (Lipinski definition) is 0. The van der Waals surface area contributed by atoms with Crippen molar-refractivity contribution in [3.63, 3.8) is 0 Å². The molecule has 20 heavy (non-hydrogen) atoms. The van der Waals surface area contributed by atoms with E-state index in [1.54, 1.807) is 37.7 Å². The Morgan fingerprint density at radius 3 is 2.70 bits per heavy atom. The highest BCUT2D eigenvalue weighted by molar-refractivity contribution is 7.84. The highest BCUT2D eigenvalue weighted by Crippen LogP contribution is 2.24. The van der Waals surface area contributed by atoms with Crippen molar-refractivity contribution < 1.29 is 8.60 Å². The Kier molecular flexibility index (Phi) is 4.39. The molecule has 0 saturated heterocycles. The first-order valence-corrected chi connectivity index (χ1v) is 7.61. The van der Waals surface area contributed by atoms with Crippen LogP contribution in [0.1, 0.15) is 11.1 Å². The standard InChI is InChI=1S/C15H15FN2OS/c1-10-8-18-15(6-11(10)9-17-2)13-5-4-12(20(3)19)7-14(13)16/h4-9H,1-3H3. The lowest BCUT2D eigenvalue weighted by molar-refractivity contribution is 0.625. The average molecular weight is 290 g/mol. The summed E-state index contributed by atoms with van der Waals surface area (Å²) in [5, 5.41) is 0. The second-order valence-electron chi connectivity index (χ2n) is 4.41. The molecule has 1 aromatic carbocycles. The summed E-state index contributed by atoms with van der Waals surface area (Å²) in [6.07, 6.45) is 4.93. The fourth-order valence-electron chi connectivity index (χ4n) is 1.85. The van der Waals surface area contributed by atoms with Gasteiger partial charge in [0.25, 0.3) is 0 Å². The number of hydrogen-bond acceptors (Lipinski definition) is 3. The van der Waals surface area contributed by atoms with E-state index < -0.39 is 16.6 Å². The molecule has 1 aromatic heterocycles. The van der Waals surface area contributed by atoms with E-state index in [4.69, 9.17) is 0 Å². The predicted molar refractivity (Wildman–Crippen MR) is 80.2 cm³/mol. The molecule has 1 heterocycles. The molecular formula is C15H15FN2OS. The molecule has 2 aromatic rings. The molecule has 0 radical (unpaired) electrons. The summed E-state index contributed by atoms with van der Waals surface area (Å²) in [5.41, 5.74) is 2.81. The molecule has 0 aliphatic carbocycles. The smallest absolute Gasteiger partial charge is 0.133 e. The Bertz CT molecular complexity index is 698. The van der Waals surface area contributed by atoms with Crippen LogP contribution in [0.2, 0.25) is 0 Å². The number of rotatable bonds is 3. The molecule has 0 aliphatic rings. The minimum absolute atomic E-state index is 0.393. The van der Waals surface area contributed by atoms with E-state index in [0.29, 0.717) is 16.2 Å². The summed E-state index contributed by atoms with van der Waals surface area (Å²) in [5.74, 6) is -0.423. The first-order chi connectivity index (χ1) is 9.52. The van der Waals surface area contributed by atoms with Gasteiger partial charge in [0.05, 0.1) is 5.69 Å². The van der Waals surface area contributed by atoms with Crippen molar-refractivity contribution in [1.29, 1.82) is 0 Å². The maximum atomic E-state index is 14.1. The molecule has 5 heteroatoms. The quantitative estimate of drug-likeness (QED) is 0.816. The molecule has 0 aliphatic heterocycles. The second-order valence-corrected chi connectivity index (χ2v) is 5.79. The molecule has 0 N–H and O–H groups in total. The van der Waals surface area contributed by atoms with Crippen molar-refractivity contribution >= 4 is 17.0 Å². The molecule has 0 fully saturated rings. The summed E-state index contributed by atoms with van der Waals surface area (Å²) in [4.78, 5) is 8.69. The molecule has 0 spiro atoms. The Morgan fingerprint density at radius 1 is 1.35 bits per heavy atom.